The van der Waals surface area contributed by atoms with Gasteiger partial charge in [-0.25, -0.2) is 4.68 Å². The molecule has 0 N–H and O–H groups in total. The Morgan fingerprint density at radius 1 is 1.33 bits per heavy atom. The van der Waals surface area contributed by atoms with Gasteiger partial charge in [-0.3, -0.25) is 9.69 Å². The van der Waals surface area contributed by atoms with Crippen molar-refractivity contribution in [3.8, 4) is 0 Å². The van der Waals surface area contributed by atoms with Gasteiger partial charge in [0.1, 0.15) is 0 Å². The zero-order valence-corrected chi connectivity index (χ0v) is 16.3. The Morgan fingerprint density at radius 3 is 2.85 bits per heavy atom. The van der Waals surface area contributed by atoms with E-state index < -0.39 is 0 Å². The molecule has 3 heterocycles. The van der Waals surface area contributed by atoms with Crippen molar-refractivity contribution in [2.75, 3.05) is 25.0 Å². The molecule has 146 valence electrons. The summed E-state index contributed by atoms with van der Waals surface area (Å²) < 4.78 is 6.99. The molecule has 8 nitrogen and oxygen atoms in total. The summed E-state index contributed by atoms with van der Waals surface area (Å²) >= 11 is 0. The molecule has 27 heavy (non-hydrogen) atoms. The monoisotopic (exact) mass is 372 g/mol. The maximum Gasteiger partial charge on any atom is 0.269 e. The van der Waals surface area contributed by atoms with E-state index in [1.807, 2.05) is 7.05 Å². The first kappa shape index (κ1) is 18.2. The summed E-state index contributed by atoms with van der Waals surface area (Å²) in [6, 6.07) is 2.09. The molecule has 1 aliphatic heterocycles. The lowest BCUT2D eigenvalue weighted by atomic mass is 10.1. The number of anilines is 1. The third kappa shape index (κ3) is 4.05. The Balaban J connectivity index is 1.43. The van der Waals surface area contributed by atoms with Gasteiger partial charge in [-0.15, -0.1) is 0 Å². The largest absolute Gasteiger partial charge is 0.371 e. The minimum Gasteiger partial charge on any atom is -0.371 e. The molecule has 2 aromatic rings. The number of likely N-dealkylation sites (tertiary alicyclic amines) is 1. The van der Waals surface area contributed by atoms with E-state index in [1.165, 1.54) is 0 Å². The first-order chi connectivity index (χ1) is 13.0. The number of rotatable bonds is 6. The van der Waals surface area contributed by atoms with Gasteiger partial charge in [-0.2, -0.15) is 10.1 Å². The van der Waals surface area contributed by atoms with Crippen molar-refractivity contribution in [2.45, 2.75) is 64.1 Å². The molecule has 0 amide bonds. The highest BCUT2D eigenvalue weighted by Gasteiger charge is 2.30. The maximum atomic E-state index is 12.6. The van der Waals surface area contributed by atoms with Gasteiger partial charge in [0, 0.05) is 31.6 Å². The summed E-state index contributed by atoms with van der Waals surface area (Å²) in [6.07, 6.45) is 6.09. The fourth-order valence-electron chi connectivity index (χ4n) is 3.58. The SMILES string of the molecule is CC(C)N(C)c1cnn([C@H]2CCCN(Cc3noc(C4CC4)n3)C2)c(=O)c1. The lowest BCUT2D eigenvalue weighted by Crippen LogP contribution is -2.40. The molecule has 2 aromatic heterocycles. The van der Waals surface area contributed by atoms with E-state index in [0.29, 0.717) is 18.5 Å². The van der Waals surface area contributed by atoms with Crippen LogP contribution in [0.1, 0.15) is 63.2 Å². The fourth-order valence-corrected chi connectivity index (χ4v) is 3.58. The van der Waals surface area contributed by atoms with Crippen molar-refractivity contribution in [1.29, 1.82) is 0 Å². The van der Waals surface area contributed by atoms with Crippen molar-refractivity contribution >= 4 is 5.69 Å². The van der Waals surface area contributed by atoms with E-state index in [9.17, 15) is 4.79 Å². The molecule has 0 bridgehead atoms. The Labute approximate surface area is 159 Å². The molecule has 1 saturated carbocycles. The lowest BCUT2D eigenvalue weighted by Gasteiger charge is -2.32. The highest BCUT2D eigenvalue weighted by Crippen LogP contribution is 2.38. The fraction of sp³-hybridized carbons (Fsp3) is 0.684. The van der Waals surface area contributed by atoms with Gasteiger partial charge in [-0.1, -0.05) is 5.16 Å². The van der Waals surface area contributed by atoms with E-state index in [0.717, 1.165) is 56.2 Å². The summed E-state index contributed by atoms with van der Waals surface area (Å²) in [4.78, 5) is 21.5. The molecule has 0 spiro atoms. The maximum absolute atomic E-state index is 12.6. The van der Waals surface area contributed by atoms with Crippen molar-refractivity contribution in [3.05, 3.63) is 34.3 Å². The van der Waals surface area contributed by atoms with Crippen LogP contribution in [0.2, 0.25) is 0 Å². The van der Waals surface area contributed by atoms with Crippen LogP contribution in [0.25, 0.3) is 0 Å². The van der Waals surface area contributed by atoms with Crippen LogP contribution in [-0.4, -0.2) is 51.0 Å². The lowest BCUT2D eigenvalue weighted by molar-refractivity contribution is 0.155. The number of piperidine rings is 1. The number of hydrogen-bond acceptors (Lipinski definition) is 7. The zero-order chi connectivity index (χ0) is 19.0. The van der Waals surface area contributed by atoms with Gasteiger partial charge < -0.3 is 9.42 Å². The molecule has 0 radical (unpaired) electrons. The quantitative estimate of drug-likeness (QED) is 0.769. The minimum atomic E-state index is -0.0394. The number of nitrogens with zero attached hydrogens (tertiary/aromatic N) is 6. The molecular weight excluding hydrogens is 344 g/mol. The van der Waals surface area contributed by atoms with E-state index in [-0.39, 0.29) is 11.6 Å². The van der Waals surface area contributed by atoms with E-state index in [4.69, 9.17) is 4.52 Å². The average Bonchev–Trinajstić information content (AvgIpc) is 3.41. The van der Waals surface area contributed by atoms with E-state index in [1.54, 1.807) is 16.9 Å². The topological polar surface area (TPSA) is 80.3 Å². The van der Waals surface area contributed by atoms with Crippen molar-refractivity contribution in [2.24, 2.45) is 0 Å². The third-order valence-electron chi connectivity index (χ3n) is 5.60. The molecule has 2 aliphatic rings. The van der Waals surface area contributed by atoms with Crippen molar-refractivity contribution in [1.82, 2.24) is 24.8 Å². The van der Waals surface area contributed by atoms with Gasteiger partial charge in [0.2, 0.25) is 5.89 Å². The Kier molecular flexibility index (Phi) is 4.99. The number of hydrogen-bond donors (Lipinski definition) is 0. The highest BCUT2D eigenvalue weighted by molar-refractivity contribution is 5.42. The van der Waals surface area contributed by atoms with Crippen LogP contribution in [0.4, 0.5) is 5.69 Å². The summed E-state index contributed by atoms with van der Waals surface area (Å²) in [5, 5.41) is 8.59. The summed E-state index contributed by atoms with van der Waals surface area (Å²) in [6.45, 7) is 6.61. The van der Waals surface area contributed by atoms with Crippen LogP contribution in [0.3, 0.4) is 0 Å². The van der Waals surface area contributed by atoms with Crippen LogP contribution in [0.5, 0.6) is 0 Å². The smallest absolute Gasteiger partial charge is 0.269 e. The van der Waals surface area contributed by atoms with Crippen molar-refractivity contribution in [3.63, 3.8) is 0 Å². The first-order valence-electron chi connectivity index (χ1n) is 9.88. The summed E-state index contributed by atoms with van der Waals surface area (Å²) in [5.74, 6) is 2.00. The standard InChI is InChI=1S/C19H28N6O2/c1-13(2)23(3)16-9-18(26)25(20-10-16)15-5-4-8-24(11-15)12-17-21-19(27-22-17)14-6-7-14/h9-10,13-15H,4-8,11-12H2,1-3H3/t15-/m0/s1. The molecule has 2 fully saturated rings. The molecule has 1 saturated heterocycles. The Morgan fingerprint density at radius 2 is 2.15 bits per heavy atom. The van der Waals surface area contributed by atoms with Crippen LogP contribution in [0, 0.1) is 0 Å². The van der Waals surface area contributed by atoms with Crippen LogP contribution in [0.15, 0.2) is 21.6 Å². The molecule has 1 aliphatic carbocycles. The van der Waals surface area contributed by atoms with Crippen LogP contribution >= 0.6 is 0 Å². The van der Waals surface area contributed by atoms with Gasteiger partial charge in [0.15, 0.2) is 5.82 Å². The zero-order valence-electron chi connectivity index (χ0n) is 16.3. The Bertz CT molecular complexity index is 841. The number of aromatic nitrogens is 4. The minimum absolute atomic E-state index is 0.0394. The molecule has 8 heteroatoms. The Hall–Kier alpha value is -2.22. The van der Waals surface area contributed by atoms with E-state index >= 15 is 0 Å². The molecular formula is C19H28N6O2. The molecule has 0 unspecified atom stereocenters. The second-order valence-electron chi connectivity index (χ2n) is 8.06. The predicted octanol–water partition coefficient (Wildman–Crippen LogP) is 2.19. The second kappa shape index (κ2) is 7.42. The summed E-state index contributed by atoms with van der Waals surface area (Å²) in [5.41, 5.74) is 0.820. The molecule has 0 aromatic carbocycles. The van der Waals surface area contributed by atoms with Crippen LogP contribution < -0.4 is 10.5 Å². The van der Waals surface area contributed by atoms with Gasteiger partial charge >= 0.3 is 0 Å². The molecule has 4 rings (SSSR count). The van der Waals surface area contributed by atoms with Gasteiger partial charge in [0.05, 0.1) is 24.5 Å². The van der Waals surface area contributed by atoms with Crippen molar-refractivity contribution < 1.29 is 4.52 Å². The molecule has 1 atom stereocenters. The third-order valence-corrected chi connectivity index (χ3v) is 5.60. The van der Waals surface area contributed by atoms with Gasteiger partial charge in [0.25, 0.3) is 5.56 Å². The van der Waals surface area contributed by atoms with E-state index in [2.05, 4.69) is 38.9 Å². The van der Waals surface area contributed by atoms with Gasteiger partial charge in [-0.05, 0) is 46.1 Å². The second-order valence-corrected chi connectivity index (χ2v) is 8.06. The average molecular weight is 372 g/mol. The normalized spacial score (nSPS) is 21.0. The first-order valence-corrected chi connectivity index (χ1v) is 9.88. The highest BCUT2D eigenvalue weighted by atomic mass is 16.5. The predicted molar refractivity (Wildman–Crippen MR) is 102 cm³/mol. The summed E-state index contributed by atoms with van der Waals surface area (Å²) in [7, 11) is 1.98. The van der Waals surface area contributed by atoms with Crippen LogP contribution in [-0.2, 0) is 6.54 Å².